The Morgan fingerprint density at radius 1 is 1.20 bits per heavy atom. The van der Waals surface area contributed by atoms with Crippen LogP contribution in [0.5, 0.6) is 0 Å². The molecule has 2 atom stereocenters. The summed E-state index contributed by atoms with van der Waals surface area (Å²) >= 11 is 0. The fraction of sp³-hybridized carbons (Fsp3) is 0.682. The molecule has 2 N–H and O–H groups in total. The van der Waals surface area contributed by atoms with Gasteiger partial charge < -0.3 is 15.4 Å². The van der Waals surface area contributed by atoms with Crippen molar-refractivity contribution in [1.29, 1.82) is 0 Å². The Hall–Kier alpha value is -0.870. The lowest BCUT2D eigenvalue weighted by molar-refractivity contribution is -0.0823. The highest BCUT2D eigenvalue weighted by Crippen LogP contribution is 2.34. The van der Waals surface area contributed by atoms with Crippen molar-refractivity contribution in [2.45, 2.75) is 58.0 Å². The van der Waals surface area contributed by atoms with E-state index in [9.17, 15) is 8.42 Å². The first-order valence-corrected chi connectivity index (χ1v) is 12.3. The van der Waals surface area contributed by atoms with E-state index in [-0.39, 0.29) is 41.2 Å². The standard InChI is InChI=1S/C22H37N3O3S.HI/c1-5-23-21(25-17-18-11-9-15-28-20(18)22(2,3)4)24-14-10-16-29(26,27)19-12-7-6-8-13-19;/h6-8,12-13,18,20H,5,9-11,14-17H2,1-4H3,(H2,23,24,25);1H. The summed E-state index contributed by atoms with van der Waals surface area (Å²) in [7, 11) is -3.24. The zero-order valence-corrected chi connectivity index (χ0v) is 21.8. The predicted octanol–water partition coefficient (Wildman–Crippen LogP) is 3.86. The minimum Gasteiger partial charge on any atom is -0.377 e. The molecule has 0 amide bonds. The number of benzene rings is 1. The van der Waals surface area contributed by atoms with Crippen LogP contribution in [0.2, 0.25) is 0 Å². The van der Waals surface area contributed by atoms with Gasteiger partial charge in [0.15, 0.2) is 15.8 Å². The Bertz CT molecular complexity index is 749. The van der Waals surface area contributed by atoms with Crippen molar-refractivity contribution >= 4 is 39.8 Å². The molecular weight excluding hydrogens is 513 g/mol. The zero-order chi connectivity index (χ0) is 21.3. The molecule has 1 fully saturated rings. The van der Waals surface area contributed by atoms with E-state index in [2.05, 4.69) is 31.4 Å². The molecule has 0 radical (unpaired) electrons. The summed E-state index contributed by atoms with van der Waals surface area (Å²) in [5.74, 6) is 1.26. The lowest BCUT2D eigenvalue weighted by Crippen LogP contribution is -2.43. The number of rotatable bonds is 8. The van der Waals surface area contributed by atoms with Crippen LogP contribution in [0.1, 0.15) is 47.0 Å². The topological polar surface area (TPSA) is 79.8 Å². The second-order valence-corrected chi connectivity index (χ2v) is 10.8. The summed E-state index contributed by atoms with van der Waals surface area (Å²) in [6.07, 6.45) is 2.94. The van der Waals surface area contributed by atoms with Crippen molar-refractivity contribution < 1.29 is 13.2 Å². The molecule has 0 bridgehead atoms. The molecule has 30 heavy (non-hydrogen) atoms. The molecule has 0 aliphatic carbocycles. The Morgan fingerprint density at radius 2 is 1.90 bits per heavy atom. The van der Waals surface area contributed by atoms with E-state index in [4.69, 9.17) is 9.73 Å². The van der Waals surface area contributed by atoms with E-state index in [0.717, 1.165) is 32.0 Å². The van der Waals surface area contributed by atoms with Gasteiger partial charge in [-0.1, -0.05) is 39.0 Å². The molecule has 0 aromatic heterocycles. The minimum absolute atomic E-state index is 0. The summed E-state index contributed by atoms with van der Waals surface area (Å²) in [6, 6.07) is 8.61. The quantitative estimate of drug-likeness (QED) is 0.222. The molecular formula is C22H38IN3O3S. The van der Waals surface area contributed by atoms with Gasteiger partial charge in [-0.05, 0) is 43.7 Å². The van der Waals surface area contributed by atoms with Crippen LogP contribution in [0.15, 0.2) is 40.2 Å². The van der Waals surface area contributed by atoms with Crippen LogP contribution in [-0.2, 0) is 14.6 Å². The molecule has 2 rings (SSSR count). The van der Waals surface area contributed by atoms with Gasteiger partial charge in [0, 0.05) is 32.2 Å². The van der Waals surface area contributed by atoms with Crippen LogP contribution < -0.4 is 10.6 Å². The van der Waals surface area contributed by atoms with Crippen molar-refractivity contribution in [1.82, 2.24) is 10.6 Å². The number of nitrogens with one attached hydrogen (secondary N) is 2. The van der Waals surface area contributed by atoms with E-state index in [1.54, 1.807) is 24.3 Å². The number of aliphatic imine (C=N–C) groups is 1. The van der Waals surface area contributed by atoms with E-state index in [1.807, 2.05) is 13.0 Å². The molecule has 8 heteroatoms. The maximum absolute atomic E-state index is 12.4. The van der Waals surface area contributed by atoms with Gasteiger partial charge in [-0.15, -0.1) is 24.0 Å². The number of nitrogens with zero attached hydrogens (tertiary/aromatic N) is 1. The van der Waals surface area contributed by atoms with Crippen molar-refractivity contribution in [3.63, 3.8) is 0 Å². The van der Waals surface area contributed by atoms with Crippen molar-refractivity contribution in [2.24, 2.45) is 16.3 Å². The molecule has 0 spiro atoms. The summed E-state index contributed by atoms with van der Waals surface area (Å²) < 4.78 is 30.8. The average Bonchev–Trinajstić information content (AvgIpc) is 2.69. The number of guanidine groups is 1. The minimum atomic E-state index is -3.24. The smallest absolute Gasteiger partial charge is 0.191 e. The van der Waals surface area contributed by atoms with Crippen LogP contribution >= 0.6 is 24.0 Å². The second kappa shape index (κ2) is 12.9. The highest BCUT2D eigenvalue weighted by atomic mass is 127. The van der Waals surface area contributed by atoms with Crippen LogP contribution in [0.4, 0.5) is 0 Å². The average molecular weight is 552 g/mol. The van der Waals surface area contributed by atoms with Crippen LogP contribution in [-0.4, -0.2) is 52.5 Å². The maximum atomic E-state index is 12.4. The predicted molar refractivity (Wildman–Crippen MR) is 134 cm³/mol. The van der Waals surface area contributed by atoms with Gasteiger partial charge in [0.2, 0.25) is 0 Å². The number of ether oxygens (including phenoxy) is 1. The normalized spacial score (nSPS) is 20.3. The number of halogens is 1. The van der Waals surface area contributed by atoms with Gasteiger partial charge in [0.1, 0.15) is 0 Å². The molecule has 1 heterocycles. The lowest BCUT2D eigenvalue weighted by atomic mass is 9.78. The fourth-order valence-corrected chi connectivity index (χ4v) is 5.08. The van der Waals surface area contributed by atoms with E-state index in [1.165, 1.54) is 0 Å². The van der Waals surface area contributed by atoms with Gasteiger partial charge in [0.25, 0.3) is 0 Å². The molecule has 1 aliphatic rings. The summed E-state index contributed by atoms with van der Waals surface area (Å²) in [5, 5.41) is 6.53. The van der Waals surface area contributed by atoms with E-state index >= 15 is 0 Å². The zero-order valence-electron chi connectivity index (χ0n) is 18.7. The van der Waals surface area contributed by atoms with Crippen LogP contribution in [0.3, 0.4) is 0 Å². The van der Waals surface area contributed by atoms with Gasteiger partial charge in [-0.3, -0.25) is 4.99 Å². The highest BCUT2D eigenvalue weighted by molar-refractivity contribution is 14.0. The molecule has 2 unspecified atom stereocenters. The van der Waals surface area contributed by atoms with Gasteiger partial charge >= 0.3 is 0 Å². The van der Waals surface area contributed by atoms with E-state index in [0.29, 0.717) is 30.3 Å². The van der Waals surface area contributed by atoms with Gasteiger partial charge in [-0.2, -0.15) is 0 Å². The molecule has 6 nitrogen and oxygen atoms in total. The Morgan fingerprint density at radius 3 is 2.53 bits per heavy atom. The molecule has 0 saturated carbocycles. The number of hydrogen-bond acceptors (Lipinski definition) is 4. The summed E-state index contributed by atoms with van der Waals surface area (Å²) in [6.45, 7) is 11.5. The first-order valence-electron chi connectivity index (χ1n) is 10.7. The first-order chi connectivity index (χ1) is 13.7. The molecule has 1 aliphatic heterocycles. The van der Waals surface area contributed by atoms with Gasteiger partial charge in [-0.25, -0.2) is 8.42 Å². The molecule has 1 aromatic carbocycles. The van der Waals surface area contributed by atoms with Crippen LogP contribution in [0.25, 0.3) is 0 Å². The number of hydrogen-bond donors (Lipinski definition) is 2. The number of sulfone groups is 1. The maximum Gasteiger partial charge on any atom is 0.191 e. The van der Waals surface area contributed by atoms with Crippen molar-refractivity contribution in [2.75, 3.05) is 32.0 Å². The Balaban J connectivity index is 0.00000450. The van der Waals surface area contributed by atoms with Crippen molar-refractivity contribution in [3.05, 3.63) is 30.3 Å². The monoisotopic (exact) mass is 551 g/mol. The van der Waals surface area contributed by atoms with Crippen LogP contribution in [0, 0.1) is 11.3 Å². The van der Waals surface area contributed by atoms with E-state index < -0.39 is 9.84 Å². The highest BCUT2D eigenvalue weighted by Gasteiger charge is 2.35. The molecule has 172 valence electrons. The van der Waals surface area contributed by atoms with Gasteiger partial charge in [0.05, 0.1) is 16.8 Å². The molecule has 1 saturated heterocycles. The second-order valence-electron chi connectivity index (χ2n) is 8.69. The largest absolute Gasteiger partial charge is 0.377 e. The third-order valence-corrected chi connectivity index (χ3v) is 6.93. The lowest BCUT2D eigenvalue weighted by Gasteiger charge is -2.39. The molecule has 1 aromatic rings. The third-order valence-electron chi connectivity index (χ3n) is 5.11. The van der Waals surface area contributed by atoms with Crippen molar-refractivity contribution in [3.8, 4) is 0 Å². The summed E-state index contributed by atoms with van der Waals surface area (Å²) in [5.41, 5.74) is 0.0954. The first kappa shape index (κ1) is 27.2. The fourth-order valence-electron chi connectivity index (χ4n) is 3.75. The third kappa shape index (κ3) is 8.70. The Kier molecular flexibility index (Phi) is 11.6. The Labute approximate surface area is 199 Å². The SMILES string of the molecule is CCNC(=NCC1CCCOC1C(C)(C)C)NCCCS(=O)(=O)c1ccccc1.I. The summed E-state index contributed by atoms with van der Waals surface area (Å²) in [4.78, 5) is 5.14.